The number of hydrogen-bond donors (Lipinski definition) is 0. The summed E-state index contributed by atoms with van der Waals surface area (Å²) < 4.78 is 47.3. The van der Waals surface area contributed by atoms with Crippen LogP contribution >= 0.6 is 11.3 Å². The molecule has 1 radical (unpaired) electrons. The average Bonchev–Trinajstić information content (AvgIpc) is 3.79. The zero-order chi connectivity index (χ0) is 40.5. The number of aryl methyl sites for hydroxylation is 2. The van der Waals surface area contributed by atoms with Gasteiger partial charge in [0.1, 0.15) is 0 Å². The number of imidazole rings is 1. The number of rotatable bonds is 7. The fraction of sp³-hybridized carbons (Fsp3) is 0.191. The summed E-state index contributed by atoms with van der Waals surface area (Å²) >= 11 is 1.69. The second kappa shape index (κ2) is 16.3. The molecule has 8 rings (SSSR count). The second-order valence-electron chi connectivity index (χ2n) is 13.3. The Morgan fingerprint density at radius 1 is 0.750 bits per heavy atom. The maximum Gasteiger partial charge on any atom is 0.0774 e. The molecular formula is C47H43IrN3S-2. The Morgan fingerprint density at radius 3 is 2.15 bits per heavy atom. The normalized spacial score (nSPS) is 13.3. The van der Waals surface area contributed by atoms with Gasteiger partial charge in [0.2, 0.25) is 0 Å². The Hall–Kier alpha value is -4.67. The van der Waals surface area contributed by atoms with Gasteiger partial charge in [0.25, 0.3) is 0 Å². The van der Waals surface area contributed by atoms with Crippen LogP contribution in [-0.2, 0) is 26.5 Å². The van der Waals surface area contributed by atoms with E-state index >= 15 is 0 Å². The van der Waals surface area contributed by atoms with Gasteiger partial charge in [-0.2, -0.15) is 0 Å². The predicted octanol–water partition coefficient (Wildman–Crippen LogP) is 12.7. The third-order valence-electron chi connectivity index (χ3n) is 9.03. The van der Waals surface area contributed by atoms with Gasteiger partial charge in [-0.1, -0.05) is 141 Å². The quantitative estimate of drug-likeness (QED) is 0.149. The Bertz CT molecular complexity index is 2540. The molecule has 0 saturated carbocycles. The first-order valence-corrected chi connectivity index (χ1v) is 18.1. The fourth-order valence-corrected chi connectivity index (χ4v) is 7.36. The van der Waals surface area contributed by atoms with Gasteiger partial charge in [0, 0.05) is 40.2 Å². The number of aromatic nitrogens is 3. The van der Waals surface area contributed by atoms with Crippen molar-refractivity contribution >= 4 is 32.5 Å². The van der Waals surface area contributed by atoms with Gasteiger partial charge in [0.15, 0.2) is 0 Å². The molecular weight excluding hydrogens is 831 g/mol. The first kappa shape index (κ1) is 29.9. The van der Waals surface area contributed by atoms with Crippen molar-refractivity contribution in [2.75, 3.05) is 0 Å². The van der Waals surface area contributed by atoms with E-state index in [1.165, 1.54) is 62.4 Å². The largest absolute Gasteiger partial charge is 0.333 e. The molecule has 263 valence electrons. The van der Waals surface area contributed by atoms with Crippen LogP contribution in [0.2, 0.25) is 0 Å². The predicted molar refractivity (Wildman–Crippen MR) is 216 cm³/mol. The zero-order valence-electron chi connectivity index (χ0n) is 35.6. The van der Waals surface area contributed by atoms with Crippen molar-refractivity contribution in [3.63, 3.8) is 0 Å². The molecule has 3 nitrogen and oxygen atoms in total. The van der Waals surface area contributed by atoms with Crippen molar-refractivity contribution in [3.8, 4) is 28.3 Å². The van der Waals surface area contributed by atoms with Crippen LogP contribution < -0.4 is 0 Å². The minimum Gasteiger partial charge on any atom is -0.333 e. The molecule has 5 aromatic carbocycles. The van der Waals surface area contributed by atoms with Crippen molar-refractivity contribution < 1.29 is 28.3 Å². The third-order valence-corrected chi connectivity index (χ3v) is 9.90. The minimum atomic E-state index is -2.18. The molecule has 0 atom stereocenters. The van der Waals surface area contributed by atoms with Gasteiger partial charge >= 0.3 is 0 Å². The first-order chi connectivity index (χ1) is 27.2. The Morgan fingerprint density at radius 2 is 1.48 bits per heavy atom. The molecule has 0 aliphatic heterocycles. The van der Waals surface area contributed by atoms with Crippen molar-refractivity contribution in [3.05, 3.63) is 172 Å². The summed E-state index contributed by atoms with van der Waals surface area (Å²) in [5, 5.41) is 4.86. The number of hydrogen-bond acceptors (Lipinski definition) is 3. The van der Waals surface area contributed by atoms with Crippen LogP contribution in [0.4, 0.5) is 0 Å². The molecule has 52 heavy (non-hydrogen) atoms. The van der Waals surface area contributed by atoms with Crippen LogP contribution in [0.5, 0.6) is 0 Å². The smallest absolute Gasteiger partial charge is 0.0774 e. The van der Waals surface area contributed by atoms with Crippen LogP contribution in [0, 0.1) is 25.2 Å². The van der Waals surface area contributed by atoms with Gasteiger partial charge in [-0.25, -0.2) is 0 Å². The maximum absolute atomic E-state index is 7.28. The minimum absolute atomic E-state index is 0. The van der Waals surface area contributed by atoms with Crippen LogP contribution in [-0.4, -0.2) is 14.5 Å². The molecule has 0 bridgehead atoms. The SMILES string of the molecule is CC(C)c1cccc(C(C)C)c1-n1c(-c2[c-]sc3cc(Cc4ccccc4)ccc23)nc2ccccc21.[2H]C([2H])([2H])c1c[c-]c(-c2ccc(C([2H])([2H])[2H])cn2)cc1.[Ir]. The Kier molecular flexibility index (Phi) is 9.38. The molecule has 0 fully saturated rings. The number of benzene rings is 5. The summed E-state index contributed by atoms with van der Waals surface area (Å²) in [6.07, 6.45) is 2.23. The van der Waals surface area contributed by atoms with Gasteiger partial charge < -0.3 is 9.55 Å². The van der Waals surface area contributed by atoms with E-state index in [1.54, 1.807) is 23.5 Å². The molecule has 0 aliphatic carbocycles. The number of para-hydroxylation sites is 3. The molecule has 0 aliphatic rings. The summed E-state index contributed by atoms with van der Waals surface area (Å²) in [6.45, 7) is 4.78. The van der Waals surface area contributed by atoms with Crippen LogP contribution in [0.3, 0.4) is 0 Å². The Balaban J connectivity index is 0.000000230. The molecule has 8 aromatic rings. The molecule has 0 unspecified atom stereocenters. The van der Waals surface area contributed by atoms with Crippen LogP contribution in [0.25, 0.3) is 49.5 Å². The summed E-state index contributed by atoms with van der Waals surface area (Å²) in [6, 6.07) is 43.2. The van der Waals surface area contributed by atoms with Crippen LogP contribution in [0.1, 0.15) is 81.1 Å². The molecule has 0 N–H and O–H groups in total. The van der Waals surface area contributed by atoms with E-state index in [2.05, 4.69) is 140 Å². The number of nitrogens with zero attached hydrogens (tertiary/aromatic N) is 3. The summed E-state index contributed by atoms with van der Waals surface area (Å²) in [7, 11) is 0. The van der Waals surface area contributed by atoms with Crippen molar-refractivity contribution in [1.82, 2.24) is 14.5 Å². The molecule has 3 aromatic heterocycles. The van der Waals surface area contributed by atoms with E-state index in [1.807, 2.05) is 0 Å². The topological polar surface area (TPSA) is 30.7 Å². The number of thiophene rings is 1. The molecule has 5 heteroatoms. The molecule has 0 amide bonds. The van der Waals surface area contributed by atoms with Gasteiger partial charge in [-0.15, -0.1) is 46.8 Å². The molecule has 3 heterocycles. The summed E-state index contributed by atoms with van der Waals surface area (Å²) in [4.78, 5) is 9.29. The number of fused-ring (bicyclic) bond motifs is 2. The zero-order valence-corrected chi connectivity index (χ0v) is 32.8. The standard InChI is InChI=1S/C34H31N2S.C13H12N.Ir/c1-22(2)26-13-10-14-27(23(3)4)33(26)36-31-16-9-8-15-30(31)35-34(36)29-21-37-32-20-25(17-18-28(29)32)19-24-11-6-5-7-12-24;1-10-3-6-12(7-4-10)13-8-5-11(2)9-14-13;/h5-18,20,22-23H,19H2,1-4H3;3-6,8-9H,1-2H3;/q2*-1;/i;1D3,2D3;. The van der Waals surface area contributed by atoms with Crippen molar-refractivity contribution in [1.29, 1.82) is 0 Å². The first-order valence-electron chi connectivity index (χ1n) is 20.3. The Labute approximate surface area is 334 Å². The van der Waals surface area contributed by atoms with Crippen LogP contribution in [0.15, 0.2) is 128 Å². The van der Waals surface area contributed by atoms with E-state index in [9.17, 15) is 0 Å². The number of pyridine rings is 1. The fourth-order valence-electron chi connectivity index (χ4n) is 6.45. The van der Waals surface area contributed by atoms with E-state index in [-0.39, 0.29) is 31.2 Å². The van der Waals surface area contributed by atoms with E-state index < -0.39 is 13.7 Å². The van der Waals surface area contributed by atoms with Crippen molar-refractivity contribution in [2.24, 2.45) is 0 Å². The second-order valence-corrected chi connectivity index (χ2v) is 14.2. The maximum atomic E-state index is 7.28. The van der Waals surface area contributed by atoms with Gasteiger partial charge in [-0.05, 0) is 65.2 Å². The molecule has 0 saturated heterocycles. The van der Waals surface area contributed by atoms with E-state index in [0.717, 1.165) is 28.8 Å². The molecule has 0 spiro atoms. The van der Waals surface area contributed by atoms with E-state index in [4.69, 9.17) is 13.2 Å². The van der Waals surface area contributed by atoms with Crippen molar-refractivity contribution in [2.45, 2.75) is 59.7 Å². The van der Waals surface area contributed by atoms with Gasteiger partial charge in [0.05, 0.1) is 16.9 Å². The summed E-state index contributed by atoms with van der Waals surface area (Å²) in [5.74, 6) is 1.76. The third kappa shape index (κ3) is 7.88. The van der Waals surface area contributed by atoms with Gasteiger partial charge in [-0.3, -0.25) is 16.3 Å². The summed E-state index contributed by atoms with van der Waals surface area (Å²) in [5.41, 5.74) is 11.4. The monoisotopic (exact) mass is 880 g/mol. The van der Waals surface area contributed by atoms with E-state index in [0.29, 0.717) is 23.1 Å². The average molecular weight is 880 g/mol.